The van der Waals surface area contributed by atoms with Crippen LogP contribution < -0.4 is 10.1 Å². The quantitative estimate of drug-likeness (QED) is 0.839. The third-order valence-electron chi connectivity index (χ3n) is 3.34. The monoisotopic (exact) mass is 279 g/mol. The summed E-state index contributed by atoms with van der Waals surface area (Å²) in [5.41, 5.74) is 0.781. The molecule has 0 radical (unpaired) electrons. The van der Waals surface area contributed by atoms with Gasteiger partial charge in [0.1, 0.15) is 5.75 Å². The number of aliphatic hydroxyl groups excluding tert-OH is 1. The van der Waals surface area contributed by atoms with Gasteiger partial charge in [0.05, 0.1) is 13.5 Å². The normalized spacial score (nSPS) is 12.8. The molecule has 1 unspecified atom stereocenters. The van der Waals surface area contributed by atoms with E-state index in [2.05, 4.69) is 26.1 Å². The van der Waals surface area contributed by atoms with Gasteiger partial charge >= 0.3 is 0 Å². The number of benzene rings is 1. The number of carbonyl (C=O) groups excluding carboxylic acids is 1. The van der Waals surface area contributed by atoms with E-state index in [9.17, 15) is 4.79 Å². The Bertz CT molecular complexity index is 438. The van der Waals surface area contributed by atoms with Crippen molar-refractivity contribution < 1.29 is 14.6 Å². The molecule has 0 heterocycles. The van der Waals surface area contributed by atoms with Gasteiger partial charge in [0.2, 0.25) is 5.91 Å². The molecule has 0 spiro atoms. The van der Waals surface area contributed by atoms with Crippen molar-refractivity contribution >= 4 is 5.91 Å². The van der Waals surface area contributed by atoms with Crippen molar-refractivity contribution in [3.05, 3.63) is 29.8 Å². The second-order valence-electron chi connectivity index (χ2n) is 5.99. The van der Waals surface area contributed by atoms with Crippen LogP contribution in [0.2, 0.25) is 0 Å². The highest BCUT2D eigenvalue weighted by molar-refractivity contribution is 5.79. The number of para-hydroxylation sites is 1. The molecule has 1 amide bonds. The highest BCUT2D eigenvalue weighted by Crippen LogP contribution is 2.22. The standard InChI is InChI=1S/C16H25NO3/c1-16(2,3)14(9-10-18)17-15(19)11-12-7-5-6-8-13(12)20-4/h5-8,14,18H,9-11H2,1-4H3,(H,17,19). The fourth-order valence-corrected chi connectivity index (χ4v) is 2.12. The molecule has 0 aliphatic carbocycles. The van der Waals surface area contributed by atoms with E-state index in [0.29, 0.717) is 6.42 Å². The summed E-state index contributed by atoms with van der Waals surface area (Å²) in [5, 5.41) is 12.1. The molecule has 0 aliphatic heterocycles. The maximum atomic E-state index is 12.2. The second kappa shape index (κ2) is 7.29. The largest absolute Gasteiger partial charge is 0.496 e. The van der Waals surface area contributed by atoms with E-state index in [-0.39, 0.29) is 30.4 Å². The van der Waals surface area contributed by atoms with Crippen LogP contribution in [0.5, 0.6) is 5.75 Å². The van der Waals surface area contributed by atoms with Crippen LogP contribution in [0.4, 0.5) is 0 Å². The van der Waals surface area contributed by atoms with Crippen LogP contribution in [-0.4, -0.2) is 30.8 Å². The molecular weight excluding hydrogens is 254 g/mol. The molecular formula is C16H25NO3. The van der Waals surface area contributed by atoms with Crippen molar-refractivity contribution in [3.63, 3.8) is 0 Å². The number of amides is 1. The van der Waals surface area contributed by atoms with Gasteiger partial charge in [-0.15, -0.1) is 0 Å². The van der Waals surface area contributed by atoms with E-state index in [4.69, 9.17) is 9.84 Å². The number of rotatable bonds is 6. The summed E-state index contributed by atoms with van der Waals surface area (Å²) < 4.78 is 5.25. The Morgan fingerprint density at radius 1 is 1.35 bits per heavy atom. The van der Waals surface area contributed by atoms with Crippen LogP contribution in [-0.2, 0) is 11.2 Å². The minimum absolute atomic E-state index is 0.0466. The topological polar surface area (TPSA) is 58.6 Å². The molecule has 0 bridgehead atoms. The lowest BCUT2D eigenvalue weighted by Crippen LogP contribution is -2.44. The highest BCUT2D eigenvalue weighted by atomic mass is 16.5. The van der Waals surface area contributed by atoms with Crippen LogP contribution in [0, 0.1) is 5.41 Å². The predicted octanol–water partition coefficient (Wildman–Crippen LogP) is 2.15. The summed E-state index contributed by atoms with van der Waals surface area (Å²) in [6.45, 7) is 6.22. The Balaban J connectivity index is 2.71. The maximum Gasteiger partial charge on any atom is 0.224 e. The minimum Gasteiger partial charge on any atom is -0.496 e. The zero-order valence-corrected chi connectivity index (χ0v) is 12.8. The fraction of sp³-hybridized carbons (Fsp3) is 0.562. The first-order valence-corrected chi connectivity index (χ1v) is 6.90. The first kappa shape index (κ1) is 16.5. The summed E-state index contributed by atoms with van der Waals surface area (Å²) in [6, 6.07) is 7.45. The van der Waals surface area contributed by atoms with Crippen molar-refractivity contribution in [3.8, 4) is 5.75 Å². The van der Waals surface area contributed by atoms with Crippen LogP contribution >= 0.6 is 0 Å². The third-order valence-corrected chi connectivity index (χ3v) is 3.34. The Morgan fingerprint density at radius 3 is 2.55 bits per heavy atom. The van der Waals surface area contributed by atoms with Gasteiger partial charge in [0, 0.05) is 18.2 Å². The molecule has 112 valence electrons. The molecule has 4 heteroatoms. The number of hydrogen-bond donors (Lipinski definition) is 2. The molecule has 0 fully saturated rings. The molecule has 20 heavy (non-hydrogen) atoms. The zero-order chi connectivity index (χ0) is 15.2. The summed E-state index contributed by atoms with van der Waals surface area (Å²) in [7, 11) is 1.60. The number of hydrogen-bond acceptors (Lipinski definition) is 3. The zero-order valence-electron chi connectivity index (χ0n) is 12.8. The summed E-state index contributed by atoms with van der Waals surface area (Å²) in [6.07, 6.45) is 0.836. The van der Waals surface area contributed by atoms with Crippen LogP contribution in [0.1, 0.15) is 32.8 Å². The number of methoxy groups -OCH3 is 1. The van der Waals surface area contributed by atoms with Crippen molar-refractivity contribution in [2.45, 2.75) is 39.7 Å². The lowest BCUT2D eigenvalue weighted by molar-refractivity contribution is -0.122. The molecule has 0 aromatic heterocycles. The maximum absolute atomic E-state index is 12.2. The van der Waals surface area contributed by atoms with Gasteiger partial charge in [-0.3, -0.25) is 4.79 Å². The molecule has 1 aromatic rings. The molecule has 1 atom stereocenters. The third kappa shape index (κ3) is 4.85. The van der Waals surface area contributed by atoms with Gasteiger partial charge in [0.15, 0.2) is 0 Å². The van der Waals surface area contributed by atoms with E-state index in [1.165, 1.54) is 0 Å². The van der Waals surface area contributed by atoms with E-state index in [1.807, 2.05) is 24.3 Å². The molecule has 0 saturated carbocycles. The number of aliphatic hydroxyl groups is 1. The molecule has 0 aliphatic rings. The Labute approximate surface area is 121 Å². The fourth-order valence-electron chi connectivity index (χ4n) is 2.12. The Kier molecular flexibility index (Phi) is 6.02. The average molecular weight is 279 g/mol. The summed E-state index contributed by atoms with van der Waals surface area (Å²) in [4.78, 5) is 12.2. The van der Waals surface area contributed by atoms with Gasteiger partial charge in [-0.05, 0) is 17.9 Å². The van der Waals surface area contributed by atoms with Crippen molar-refractivity contribution in [2.24, 2.45) is 5.41 Å². The van der Waals surface area contributed by atoms with Gasteiger partial charge in [-0.2, -0.15) is 0 Å². The Morgan fingerprint density at radius 2 is 2.00 bits per heavy atom. The smallest absolute Gasteiger partial charge is 0.224 e. The van der Waals surface area contributed by atoms with Crippen molar-refractivity contribution in [2.75, 3.05) is 13.7 Å². The number of nitrogens with one attached hydrogen (secondary N) is 1. The predicted molar refractivity (Wildman–Crippen MR) is 79.8 cm³/mol. The van der Waals surface area contributed by atoms with Crippen LogP contribution in [0.15, 0.2) is 24.3 Å². The van der Waals surface area contributed by atoms with Gasteiger partial charge in [-0.1, -0.05) is 39.0 Å². The SMILES string of the molecule is COc1ccccc1CC(=O)NC(CCO)C(C)(C)C. The lowest BCUT2D eigenvalue weighted by atomic mass is 9.85. The lowest BCUT2D eigenvalue weighted by Gasteiger charge is -2.31. The van der Waals surface area contributed by atoms with E-state index >= 15 is 0 Å². The van der Waals surface area contributed by atoms with E-state index in [0.717, 1.165) is 11.3 Å². The average Bonchev–Trinajstić information content (AvgIpc) is 2.37. The molecule has 1 rings (SSSR count). The minimum atomic E-state index is -0.0842. The summed E-state index contributed by atoms with van der Waals surface area (Å²) in [5.74, 6) is 0.667. The molecule has 1 aromatic carbocycles. The number of carbonyl (C=O) groups is 1. The number of ether oxygens (including phenoxy) is 1. The summed E-state index contributed by atoms with van der Waals surface area (Å²) >= 11 is 0. The van der Waals surface area contributed by atoms with Crippen LogP contribution in [0.25, 0.3) is 0 Å². The second-order valence-corrected chi connectivity index (χ2v) is 5.99. The first-order valence-electron chi connectivity index (χ1n) is 6.90. The molecule has 2 N–H and O–H groups in total. The van der Waals surface area contributed by atoms with Gasteiger partial charge in [0.25, 0.3) is 0 Å². The van der Waals surface area contributed by atoms with Crippen molar-refractivity contribution in [1.29, 1.82) is 0 Å². The Hall–Kier alpha value is -1.55. The highest BCUT2D eigenvalue weighted by Gasteiger charge is 2.25. The molecule has 4 nitrogen and oxygen atoms in total. The van der Waals surface area contributed by atoms with E-state index in [1.54, 1.807) is 7.11 Å². The van der Waals surface area contributed by atoms with Gasteiger partial charge in [-0.25, -0.2) is 0 Å². The molecule has 0 saturated heterocycles. The van der Waals surface area contributed by atoms with Crippen molar-refractivity contribution in [1.82, 2.24) is 5.32 Å². The van der Waals surface area contributed by atoms with Crippen LogP contribution in [0.3, 0.4) is 0 Å². The first-order chi connectivity index (χ1) is 9.38. The van der Waals surface area contributed by atoms with E-state index < -0.39 is 0 Å². The van der Waals surface area contributed by atoms with Gasteiger partial charge < -0.3 is 15.2 Å².